The van der Waals surface area contributed by atoms with Crippen LogP contribution in [-0.2, 0) is 0 Å². The van der Waals surface area contributed by atoms with Gasteiger partial charge in [0.2, 0.25) is 5.78 Å². The first-order chi connectivity index (χ1) is 15.8. The minimum Gasteiger partial charge on any atom is -0.399 e. The fraction of sp³-hybridized carbons (Fsp3) is 0.0370. The summed E-state index contributed by atoms with van der Waals surface area (Å²) in [6.45, 7) is 3.83. The molecule has 2 N–H and O–H groups in total. The summed E-state index contributed by atoms with van der Waals surface area (Å²) < 4.78 is 0. The lowest BCUT2D eigenvalue weighted by atomic mass is 9.96. The van der Waals surface area contributed by atoms with Gasteiger partial charge in [-0.25, -0.2) is 0 Å². The van der Waals surface area contributed by atoms with Crippen LogP contribution in [-0.4, -0.2) is 17.8 Å². The highest BCUT2D eigenvalue weighted by Crippen LogP contribution is 2.28. The number of pyridine rings is 1. The zero-order valence-electron chi connectivity index (χ0n) is 17.9. The number of anilines is 2. The summed E-state index contributed by atoms with van der Waals surface area (Å²) in [6, 6.07) is 23.9. The molecule has 0 bridgehead atoms. The summed E-state index contributed by atoms with van der Waals surface area (Å²) in [5.41, 5.74) is 11.3. The van der Waals surface area contributed by atoms with Gasteiger partial charge in [0.1, 0.15) is 5.69 Å². The number of hydrogen-bond donors (Lipinski definition) is 1. The molecule has 4 rings (SSSR count). The molecular weight excluding hydrogens is 453 g/mol. The minimum absolute atomic E-state index is 0.206. The van der Waals surface area contributed by atoms with Crippen molar-refractivity contribution < 1.29 is 4.79 Å². The average Bonchev–Trinajstić information content (AvgIpc) is 2.83. The van der Waals surface area contributed by atoms with Crippen LogP contribution >= 0.6 is 23.2 Å². The van der Waals surface area contributed by atoms with Crippen molar-refractivity contribution >= 4 is 46.1 Å². The third kappa shape index (κ3) is 5.08. The Hall–Kier alpha value is -3.60. The Bertz CT molecular complexity index is 1330. The van der Waals surface area contributed by atoms with Crippen molar-refractivity contribution in [2.45, 2.75) is 0 Å². The highest BCUT2D eigenvalue weighted by atomic mass is 35.5. The molecule has 0 saturated heterocycles. The van der Waals surface area contributed by atoms with Crippen LogP contribution in [0.3, 0.4) is 0 Å². The quantitative estimate of drug-likeness (QED) is 0.306. The maximum atomic E-state index is 13.3. The predicted octanol–water partition coefficient (Wildman–Crippen LogP) is 6.98. The second-order valence-electron chi connectivity index (χ2n) is 7.60. The minimum atomic E-state index is -0.206. The lowest BCUT2D eigenvalue weighted by Crippen LogP contribution is -2.11. The summed E-state index contributed by atoms with van der Waals surface area (Å²) >= 11 is 12.1. The van der Waals surface area contributed by atoms with Crippen LogP contribution < -0.4 is 10.6 Å². The van der Waals surface area contributed by atoms with E-state index in [0.717, 1.165) is 22.5 Å². The van der Waals surface area contributed by atoms with E-state index in [2.05, 4.69) is 11.6 Å². The first-order valence-electron chi connectivity index (χ1n) is 10.2. The molecule has 3 aromatic carbocycles. The van der Waals surface area contributed by atoms with Crippen LogP contribution in [0.25, 0.3) is 16.8 Å². The molecule has 0 spiro atoms. The Morgan fingerprint density at radius 3 is 2.18 bits per heavy atom. The Morgan fingerprint density at radius 1 is 0.848 bits per heavy atom. The number of halogens is 2. The fourth-order valence-corrected chi connectivity index (χ4v) is 3.78. The van der Waals surface area contributed by atoms with E-state index in [1.54, 1.807) is 24.4 Å². The number of carbonyl (C=O) groups excluding carboxylic acids is 1. The van der Waals surface area contributed by atoms with Crippen molar-refractivity contribution in [2.24, 2.45) is 5.73 Å². The largest absolute Gasteiger partial charge is 0.399 e. The summed E-state index contributed by atoms with van der Waals surface area (Å²) in [5.74, 6) is -0.206. The van der Waals surface area contributed by atoms with Crippen LogP contribution in [0.2, 0.25) is 10.0 Å². The van der Waals surface area contributed by atoms with Gasteiger partial charge in [0.15, 0.2) is 0 Å². The van der Waals surface area contributed by atoms with E-state index in [1.165, 1.54) is 0 Å². The van der Waals surface area contributed by atoms with E-state index in [0.29, 0.717) is 32.6 Å². The molecular formula is C27H21Cl2N3O. The van der Waals surface area contributed by atoms with Crippen molar-refractivity contribution in [3.63, 3.8) is 0 Å². The number of nitrogens with zero attached hydrogens (tertiary/aromatic N) is 2. The van der Waals surface area contributed by atoms with Gasteiger partial charge in [-0.1, -0.05) is 41.9 Å². The SMILES string of the molecule is C=C(N)c1cc(C(=O)c2ccc(N(C)c3ccc(Cl)cc3)cn2)cc(-c2cccc(Cl)c2)c1. The van der Waals surface area contributed by atoms with Gasteiger partial charge < -0.3 is 10.6 Å². The van der Waals surface area contributed by atoms with Crippen molar-refractivity contribution in [3.05, 3.63) is 119 Å². The van der Waals surface area contributed by atoms with Crippen LogP contribution in [0.1, 0.15) is 21.6 Å². The van der Waals surface area contributed by atoms with E-state index in [9.17, 15) is 4.79 Å². The highest BCUT2D eigenvalue weighted by molar-refractivity contribution is 6.31. The Morgan fingerprint density at radius 2 is 1.55 bits per heavy atom. The predicted molar refractivity (Wildman–Crippen MR) is 137 cm³/mol. The normalized spacial score (nSPS) is 10.6. The smallest absolute Gasteiger partial charge is 0.211 e. The number of nitrogens with two attached hydrogens (primary N) is 1. The number of rotatable bonds is 6. The molecule has 0 aliphatic heterocycles. The molecule has 1 aromatic heterocycles. The molecule has 33 heavy (non-hydrogen) atoms. The maximum absolute atomic E-state index is 13.3. The van der Waals surface area contributed by atoms with Crippen molar-refractivity contribution in [3.8, 4) is 11.1 Å². The summed E-state index contributed by atoms with van der Waals surface area (Å²) in [4.78, 5) is 19.7. The Labute approximate surface area is 202 Å². The van der Waals surface area contributed by atoms with Gasteiger partial charge in [-0.15, -0.1) is 0 Å². The van der Waals surface area contributed by atoms with Crippen LogP contribution in [0.5, 0.6) is 0 Å². The third-order valence-electron chi connectivity index (χ3n) is 5.31. The highest BCUT2D eigenvalue weighted by Gasteiger charge is 2.15. The van der Waals surface area contributed by atoms with Crippen molar-refractivity contribution in [1.82, 2.24) is 4.98 Å². The molecule has 0 unspecified atom stereocenters. The van der Waals surface area contributed by atoms with Crippen LogP contribution in [0, 0.1) is 0 Å². The summed E-state index contributed by atoms with van der Waals surface area (Å²) in [6.07, 6.45) is 1.67. The maximum Gasteiger partial charge on any atom is 0.211 e. The van der Waals surface area contributed by atoms with Crippen LogP contribution in [0.15, 0.2) is 91.6 Å². The van der Waals surface area contributed by atoms with Gasteiger partial charge in [0.05, 0.1) is 11.9 Å². The van der Waals surface area contributed by atoms with Gasteiger partial charge in [0, 0.05) is 34.0 Å². The van der Waals surface area contributed by atoms with E-state index in [1.807, 2.05) is 72.6 Å². The molecule has 6 heteroatoms. The third-order valence-corrected chi connectivity index (χ3v) is 5.79. The number of hydrogen-bond acceptors (Lipinski definition) is 4. The van der Waals surface area contributed by atoms with Gasteiger partial charge in [-0.2, -0.15) is 0 Å². The molecule has 0 atom stereocenters. The second-order valence-corrected chi connectivity index (χ2v) is 8.47. The van der Waals surface area contributed by atoms with E-state index in [-0.39, 0.29) is 5.78 Å². The topological polar surface area (TPSA) is 59.2 Å². The molecule has 4 aromatic rings. The monoisotopic (exact) mass is 473 g/mol. The zero-order valence-corrected chi connectivity index (χ0v) is 19.4. The molecule has 0 aliphatic rings. The summed E-state index contributed by atoms with van der Waals surface area (Å²) in [5, 5.41) is 1.28. The van der Waals surface area contributed by atoms with Crippen LogP contribution in [0.4, 0.5) is 11.4 Å². The van der Waals surface area contributed by atoms with Gasteiger partial charge >= 0.3 is 0 Å². The number of aromatic nitrogens is 1. The average molecular weight is 474 g/mol. The Balaban J connectivity index is 1.66. The number of ketones is 1. The lowest BCUT2D eigenvalue weighted by Gasteiger charge is -2.19. The van der Waals surface area contributed by atoms with E-state index in [4.69, 9.17) is 28.9 Å². The number of benzene rings is 3. The van der Waals surface area contributed by atoms with Crippen molar-refractivity contribution in [2.75, 3.05) is 11.9 Å². The fourth-order valence-electron chi connectivity index (χ4n) is 3.46. The second kappa shape index (κ2) is 9.49. The van der Waals surface area contributed by atoms with Gasteiger partial charge in [0.25, 0.3) is 0 Å². The standard InChI is InChI=1S/C27H21Cl2N3O/c1-17(30)19-12-20(18-4-3-5-23(29)15-18)14-21(13-19)27(33)26-11-10-25(16-31-26)32(2)24-8-6-22(28)7-9-24/h3-16H,1,30H2,2H3. The molecule has 1 heterocycles. The first-order valence-corrected chi connectivity index (χ1v) is 10.9. The zero-order chi connectivity index (χ0) is 23.5. The molecule has 0 saturated carbocycles. The molecule has 164 valence electrons. The molecule has 0 radical (unpaired) electrons. The van der Waals surface area contributed by atoms with E-state index >= 15 is 0 Å². The Kier molecular flexibility index (Phi) is 6.50. The molecule has 4 nitrogen and oxygen atoms in total. The summed E-state index contributed by atoms with van der Waals surface area (Å²) in [7, 11) is 1.93. The first kappa shape index (κ1) is 22.6. The van der Waals surface area contributed by atoms with Gasteiger partial charge in [-0.3, -0.25) is 9.78 Å². The van der Waals surface area contributed by atoms with Crippen molar-refractivity contribution in [1.29, 1.82) is 0 Å². The number of carbonyl (C=O) groups is 1. The van der Waals surface area contributed by atoms with E-state index < -0.39 is 0 Å². The molecule has 0 fully saturated rings. The molecule has 0 aliphatic carbocycles. The lowest BCUT2D eigenvalue weighted by molar-refractivity contribution is 0.103. The van der Waals surface area contributed by atoms with Gasteiger partial charge in [-0.05, 0) is 83.4 Å². The molecule has 0 amide bonds.